The molecule has 120 valence electrons. The molecule has 3 N–H and O–H groups in total. The van der Waals surface area contributed by atoms with Gasteiger partial charge in [0.15, 0.2) is 5.96 Å². The molecule has 0 fully saturated rings. The summed E-state index contributed by atoms with van der Waals surface area (Å²) in [6.07, 6.45) is 4.01. The fraction of sp³-hybridized carbons (Fsp3) is 0.538. The first-order chi connectivity index (χ1) is 9.65. The second kappa shape index (κ2) is 11.4. The third-order valence-corrected chi connectivity index (χ3v) is 2.62. The summed E-state index contributed by atoms with van der Waals surface area (Å²) in [5.41, 5.74) is 1.15. The van der Waals surface area contributed by atoms with E-state index in [2.05, 4.69) is 20.9 Å². The highest BCUT2D eigenvalue weighted by Crippen LogP contribution is 1.97. The van der Waals surface area contributed by atoms with Crippen molar-refractivity contribution in [3.8, 4) is 0 Å². The Balaban J connectivity index is 0.00000400. The molecule has 8 heteroatoms. The van der Waals surface area contributed by atoms with E-state index in [1.54, 1.807) is 14.2 Å². The number of aliphatic imine (C=N–C) groups is 1. The molecule has 0 aliphatic rings. The maximum atomic E-state index is 11.5. The number of hydrogen-bond acceptors (Lipinski definition) is 3. The van der Waals surface area contributed by atoms with Gasteiger partial charge in [-0.25, -0.2) is 0 Å². The van der Waals surface area contributed by atoms with Crippen LogP contribution in [-0.4, -0.2) is 50.3 Å². The van der Waals surface area contributed by atoms with Gasteiger partial charge in [0.2, 0.25) is 5.91 Å². The fourth-order valence-corrected chi connectivity index (χ4v) is 1.59. The molecule has 1 rings (SSSR count). The number of carbonyl (C=O) groups is 1. The minimum Gasteiger partial charge on any atom is -0.383 e. The molecule has 1 aromatic rings. The Morgan fingerprint density at radius 3 is 2.71 bits per heavy atom. The molecular weight excluding hydrogens is 385 g/mol. The highest BCUT2D eigenvalue weighted by Gasteiger charge is 2.03. The van der Waals surface area contributed by atoms with E-state index in [1.807, 2.05) is 30.1 Å². The molecular formula is C13H24IN5O2. The molecule has 21 heavy (non-hydrogen) atoms. The summed E-state index contributed by atoms with van der Waals surface area (Å²) in [5, 5.41) is 8.82. The zero-order chi connectivity index (χ0) is 14.8. The third-order valence-electron chi connectivity index (χ3n) is 2.62. The lowest BCUT2D eigenvalue weighted by Gasteiger charge is -2.11. The Bertz CT molecular complexity index is 448. The van der Waals surface area contributed by atoms with Crippen LogP contribution in [0.4, 0.5) is 0 Å². The number of rotatable bonds is 7. The largest absolute Gasteiger partial charge is 0.383 e. The minimum atomic E-state index is -0.0929. The second-order valence-corrected chi connectivity index (χ2v) is 4.31. The van der Waals surface area contributed by atoms with Crippen LogP contribution in [0.25, 0.3) is 0 Å². The van der Waals surface area contributed by atoms with E-state index in [4.69, 9.17) is 4.74 Å². The molecule has 1 aromatic heterocycles. The van der Waals surface area contributed by atoms with Crippen molar-refractivity contribution in [3.05, 3.63) is 24.0 Å². The van der Waals surface area contributed by atoms with Crippen LogP contribution in [0.5, 0.6) is 0 Å². The van der Waals surface area contributed by atoms with E-state index < -0.39 is 0 Å². The molecule has 0 saturated heterocycles. The maximum Gasteiger partial charge on any atom is 0.239 e. The first-order valence-electron chi connectivity index (χ1n) is 6.46. The average Bonchev–Trinajstić information content (AvgIpc) is 2.85. The van der Waals surface area contributed by atoms with Crippen LogP contribution in [0.3, 0.4) is 0 Å². The quantitative estimate of drug-likeness (QED) is 0.258. The summed E-state index contributed by atoms with van der Waals surface area (Å²) in [7, 11) is 5.24. The number of nitrogens with zero attached hydrogens (tertiary/aromatic N) is 2. The molecule has 0 spiro atoms. The van der Waals surface area contributed by atoms with Crippen LogP contribution < -0.4 is 16.0 Å². The molecule has 0 radical (unpaired) electrons. The van der Waals surface area contributed by atoms with Gasteiger partial charge in [0.05, 0.1) is 13.2 Å². The first-order valence-corrected chi connectivity index (χ1v) is 6.46. The van der Waals surface area contributed by atoms with Crippen molar-refractivity contribution in [1.82, 2.24) is 20.5 Å². The molecule has 0 aliphatic heterocycles. The van der Waals surface area contributed by atoms with Crippen LogP contribution >= 0.6 is 24.0 Å². The molecule has 7 nitrogen and oxygen atoms in total. The monoisotopic (exact) mass is 409 g/mol. The predicted molar refractivity (Wildman–Crippen MR) is 93.9 cm³/mol. The van der Waals surface area contributed by atoms with Crippen molar-refractivity contribution < 1.29 is 9.53 Å². The number of aryl methyl sites for hydroxylation is 1. The van der Waals surface area contributed by atoms with Crippen LogP contribution in [-0.2, 0) is 23.1 Å². The summed E-state index contributed by atoms with van der Waals surface area (Å²) in [6, 6.07) is 2.03. The van der Waals surface area contributed by atoms with Crippen molar-refractivity contribution in [2.75, 3.05) is 33.9 Å². The number of guanidine groups is 1. The molecule has 1 amide bonds. The van der Waals surface area contributed by atoms with E-state index in [0.29, 0.717) is 25.7 Å². The van der Waals surface area contributed by atoms with E-state index in [1.165, 1.54) is 0 Å². The molecule has 0 unspecified atom stereocenters. The summed E-state index contributed by atoms with van der Waals surface area (Å²) in [4.78, 5) is 15.6. The number of halogens is 1. The lowest BCUT2D eigenvalue weighted by molar-refractivity contribution is -0.120. The van der Waals surface area contributed by atoms with Gasteiger partial charge < -0.3 is 25.3 Å². The lowest BCUT2D eigenvalue weighted by Crippen LogP contribution is -2.43. The van der Waals surface area contributed by atoms with Gasteiger partial charge in [-0.05, 0) is 11.6 Å². The summed E-state index contributed by atoms with van der Waals surface area (Å²) < 4.78 is 6.84. The van der Waals surface area contributed by atoms with E-state index in [-0.39, 0.29) is 36.4 Å². The van der Waals surface area contributed by atoms with Crippen molar-refractivity contribution in [3.63, 3.8) is 0 Å². The summed E-state index contributed by atoms with van der Waals surface area (Å²) >= 11 is 0. The van der Waals surface area contributed by atoms with Gasteiger partial charge in [0.25, 0.3) is 0 Å². The van der Waals surface area contributed by atoms with Crippen LogP contribution in [0, 0.1) is 0 Å². The number of methoxy groups -OCH3 is 1. The van der Waals surface area contributed by atoms with Gasteiger partial charge in [-0.1, -0.05) is 0 Å². The summed E-state index contributed by atoms with van der Waals surface area (Å²) in [5.74, 6) is 0.500. The molecule has 0 atom stereocenters. The van der Waals surface area contributed by atoms with Crippen molar-refractivity contribution >= 4 is 35.8 Å². The zero-order valence-corrected chi connectivity index (χ0v) is 15.0. The standard InChI is InChI=1S/C13H23N5O2.HI/c1-14-13(16-8-11-4-6-18(2)10-11)17-9-12(19)15-5-7-20-3;/h4,6,10H,5,7-9H2,1-3H3,(H,15,19)(H2,14,16,17);1H. The van der Waals surface area contributed by atoms with Crippen molar-refractivity contribution in [1.29, 1.82) is 0 Å². The highest BCUT2D eigenvalue weighted by molar-refractivity contribution is 14.0. The number of carbonyl (C=O) groups excluding carboxylic acids is 1. The lowest BCUT2D eigenvalue weighted by atomic mass is 10.3. The fourth-order valence-electron chi connectivity index (χ4n) is 1.59. The number of amides is 1. The van der Waals surface area contributed by atoms with Crippen LogP contribution in [0.15, 0.2) is 23.5 Å². The molecule has 0 bridgehead atoms. The highest BCUT2D eigenvalue weighted by atomic mass is 127. The Morgan fingerprint density at radius 2 is 2.14 bits per heavy atom. The van der Waals surface area contributed by atoms with E-state index in [0.717, 1.165) is 5.56 Å². The molecule has 0 saturated carbocycles. The maximum absolute atomic E-state index is 11.5. The number of ether oxygens (including phenoxy) is 1. The van der Waals surface area contributed by atoms with Crippen LogP contribution in [0.1, 0.15) is 5.56 Å². The van der Waals surface area contributed by atoms with Crippen molar-refractivity contribution in [2.45, 2.75) is 6.54 Å². The van der Waals surface area contributed by atoms with Gasteiger partial charge in [0.1, 0.15) is 0 Å². The Hall–Kier alpha value is -1.29. The Labute approximate surface area is 142 Å². The van der Waals surface area contributed by atoms with Crippen molar-refractivity contribution in [2.24, 2.45) is 12.0 Å². The summed E-state index contributed by atoms with van der Waals surface area (Å²) in [6.45, 7) is 1.85. The van der Waals surface area contributed by atoms with Gasteiger partial charge in [-0.3, -0.25) is 9.79 Å². The van der Waals surface area contributed by atoms with Gasteiger partial charge in [-0.15, -0.1) is 24.0 Å². The first kappa shape index (κ1) is 19.7. The molecule has 1 heterocycles. The van der Waals surface area contributed by atoms with Crippen LogP contribution in [0.2, 0.25) is 0 Å². The minimum absolute atomic E-state index is 0. The molecule has 0 aliphatic carbocycles. The SMILES string of the molecule is CN=C(NCC(=O)NCCOC)NCc1ccn(C)c1.I. The van der Waals surface area contributed by atoms with Gasteiger partial charge in [0, 0.05) is 46.7 Å². The second-order valence-electron chi connectivity index (χ2n) is 4.31. The Morgan fingerprint density at radius 1 is 1.38 bits per heavy atom. The third kappa shape index (κ3) is 8.56. The predicted octanol–water partition coefficient (Wildman–Crippen LogP) is 0.0707. The number of aromatic nitrogens is 1. The van der Waals surface area contributed by atoms with Gasteiger partial charge in [-0.2, -0.15) is 0 Å². The van der Waals surface area contributed by atoms with Gasteiger partial charge >= 0.3 is 0 Å². The number of hydrogen-bond donors (Lipinski definition) is 3. The zero-order valence-electron chi connectivity index (χ0n) is 12.7. The topological polar surface area (TPSA) is 79.7 Å². The van der Waals surface area contributed by atoms with E-state index in [9.17, 15) is 4.79 Å². The average molecular weight is 409 g/mol. The normalized spacial score (nSPS) is 10.7. The smallest absolute Gasteiger partial charge is 0.239 e. The molecule has 0 aromatic carbocycles. The van der Waals surface area contributed by atoms with E-state index >= 15 is 0 Å². The Kier molecular flexibility index (Phi) is 10.7. The number of nitrogens with one attached hydrogen (secondary N) is 3.